The van der Waals surface area contributed by atoms with Crippen LogP contribution in [0.4, 0.5) is 30.2 Å². The van der Waals surface area contributed by atoms with E-state index in [0.29, 0.717) is 51.6 Å². The van der Waals surface area contributed by atoms with Gasteiger partial charge >= 0.3 is 6.18 Å². The van der Waals surface area contributed by atoms with Gasteiger partial charge in [-0.05, 0) is 30.3 Å². The number of hydrazine groups is 1. The highest BCUT2D eigenvalue weighted by atomic mass is 19.4. The maximum Gasteiger partial charge on any atom is 0.416 e. The minimum absolute atomic E-state index is 0.158. The maximum atomic E-state index is 13.6. The molecule has 4 rings (SSSR count). The monoisotopic (exact) mass is 533 g/mol. The normalized spacial score (nSPS) is 12.7. The third-order valence-electron chi connectivity index (χ3n) is 5.84. The van der Waals surface area contributed by atoms with E-state index in [2.05, 4.69) is 10.4 Å². The number of hydrogen-bond donors (Lipinski definition) is 1. The molecule has 0 spiro atoms. The SMILES string of the molecule is COc1cc(C2=Nc3ccc(C(F)(F)F)cc3N(c3cc(OC)c(OC)c(OC)c3)N2)cc(OC)c1OC. The fraction of sp³-hybridized carbons (Fsp3) is 0.269. The van der Waals surface area contributed by atoms with Gasteiger partial charge in [0.05, 0.1) is 65.3 Å². The van der Waals surface area contributed by atoms with Gasteiger partial charge in [0.1, 0.15) is 0 Å². The van der Waals surface area contributed by atoms with Crippen LogP contribution in [-0.4, -0.2) is 48.5 Å². The Balaban J connectivity index is 1.94. The number of aliphatic imine (C=N–C) groups is 1. The van der Waals surface area contributed by atoms with E-state index in [1.807, 2.05) is 0 Å². The number of fused-ring (bicyclic) bond motifs is 1. The highest BCUT2D eigenvalue weighted by molar-refractivity contribution is 6.06. The van der Waals surface area contributed by atoms with Gasteiger partial charge in [-0.3, -0.25) is 10.4 Å². The molecule has 0 amide bonds. The lowest BCUT2D eigenvalue weighted by molar-refractivity contribution is -0.137. The van der Waals surface area contributed by atoms with Crippen molar-refractivity contribution in [2.45, 2.75) is 6.18 Å². The molecule has 0 unspecified atom stereocenters. The van der Waals surface area contributed by atoms with Gasteiger partial charge in [0.2, 0.25) is 11.5 Å². The van der Waals surface area contributed by atoms with Crippen molar-refractivity contribution < 1.29 is 41.6 Å². The van der Waals surface area contributed by atoms with Gasteiger partial charge in [-0.1, -0.05) is 0 Å². The summed E-state index contributed by atoms with van der Waals surface area (Å²) in [5, 5.41) is 1.46. The lowest BCUT2D eigenvalue weighted by Gasteiger charge is -2.33. The molecule has 9 nitrogen and oxygen atoms in total. The molecule has 12 heteroatoms. The first-order valence-corrected chi connectivity index (χ1v) is 11.2. The number of halogens is 3. The van der Waals surface area contributed by atoms with E-state index in [-0.39, 0.29) is 11.4 Å². The molecule has 202 valence electrons. The highest BCUT2D eigenvalue weighted by Gasteiger charge is 2.33. The van der Waals surface area contributed by atoms with E-state index in [4.69, 9.17) is 28.4 Å². The van der Waals surface area contributed by atoms with Crippen LogP contribution in [0.25, 0.3) is 0 Å². The largest absolute Gasteiger partial charge is 0.493 e. The molecule has 1 aliphatic rings. The van der Waals surface area contributed by atoms with Crippen molar-refractivity contribution >= 4 is 22.9 Å². The lowest BCUT2D eigenvalue weighted by Crippen LogP contribution is -2.41. The summed E-state index contributed by atoms with van der Waals surface area (Å²) in [5.41, 5.74) is 3.66. The summed E-state index contributed by atoms with van der Waals surface area (Å²) in [4.78, 5) is 4.60. The molecule has 0 aliphatic carbocycles. The van der Waals surface area contributed by atoms with Crippen molar-refractivity contribution in [1.82, 2.24) is 5.43 Å². The smallest absolute Gasteiger partial charge is 0.416 e. The number of hydrogen-bond acceptors (Lipinski definition) is 9. The van der Waals surface area contributed by atoms with Crippen LogP contribution in [0.5, 0.6) is 34.5 Å². The summed E-state index contributed by atoms with van der Waals surface area (Å²) in [7, 11) is 8.80. The summed E-state index contributed by atoms with van der Waals surface area (Å²) in [6.07, 6.45) is -4.56. The molecule has 1 N–H and O–H groups in total. The van der Waals surface area contributed by atoms with Crippen molar-refractivity contribution in [3.05, 3.63) is 53.6 Å². The van der Waals surface area contributed by atoms with Crippen molar-refractivity contribution in [2.24, 2.45) is 4.99 Å². The van der Waals surface area contributed by atoms with E-state index in [0.717, 1.165) is 12.1 Å². The highest BCUT2D eigenvalue weighted by Crippen LogP contribution is 2.46. The Kier molecular flexibility index (Phi) is 7.33. The summed E-state index contributed by atoms with van der Waals surface area (Å²) < 4.78 is 73.5. The number of nitrogens with zero attached hydrogens (tertiary/aromatic N) is 2. The fourth-order valence-electron chi connectivity index (χ4n) is 4.03. The predicted octanol–water partition coefficient (Wildman–Crippen LogP) is 5.49. The Bertz CT molecular complexity index is 1330. The number of benzene rings is 3. The first kappa shape index (κ1) is 26.6. The molecular weight excluding hydrogens is 507 g/mol. The van der Waals surface area contributed by atoms with Gasteiger partial charge in [-0.15, -0.1) is 0 Å². The Morgan fingerprint density at radius 1 is 0.684 bits per heavy atom. The molecule has 0 saturated heterocycles. The first-order chi connectivity index (χ1) is 18.2. The molecule has 38 heavy (non-hydrogen) atoms. The Morgan fingerprint density at radius 2 is 1.18 bits per heavy atom. The standard InChI is InChI=1S/C26H26F3N3O6/c1-33-19-9-14(10-20(34-2)23(19)37-5)25-30-17-8-7-15(26(27,28)29)11-18(17)32(31-25)16-12-21(35-3)24(38-6)22(13-16)36-4/h7-13H,1-6H3,(H,30,31). The van der Waals surface area contributed by atoms with Crippen LogP contribution in [0.3, 0.4) is 0 Å². The van der Waals surface area contributed by atoms with E-state index >= 15 is 0 Å². The quantitative estimate of drug-likeness (QED) is 0.407. The zero-order chi connectivity index (χ0) is 27.6. The van der Waals surface area contributed by atoms with Gasteiger partial charge < -0.3 is 28.4 Å². The number of ether oxygens (including phenoxy) is 6. The maximum absolute atomic E-state index is 13.6. The molecule has 3 aromatic rings. The van der Waals surface area contributed by atoms with Crippen LogP contribution in [0.1, 0.15) is 11.1 Å². The van der Waals surface area contributed by atoms with Crippen LogP contribution in [0.15, 0.2) is 47.5 Å². The van der Waals surface area contributed by atoms with E-state index in [1.54, 1.807) is 24.3 Å². The van der Waals surface area contributed by atoms with Gasteiger partial charge in [-0.25, -0.2) is 4.99 Å². The molecule has 1 aliphatic heterocycles. The second kappa shape index (κ2) is 10.5. The van der Waals surface area contributed by atoms with Gasteiger partial charge in [0.25, 0.3) is 0 Å². The topological polar surface area (TPSA) is 83.0 Å². The molecule has 3 aromatic carbocycles. The first-order valence-electron chi connectivity index (χ1n) is 11.2. The number of rotatable bonds is 8. The molecular formula is C26H26F3N3O6. The number of methoxy groups -OCH3 is 6. The van der Waals surface area contributed by atoms with Gasteiger partial charge in [-0.2, -0.15) is 13.2 Å². The van der Waals surface area contributed by atoms with Crippen LogP contribution in [-0.2, 0) is 6.18 Å². The molecule has 0 radical (unpaired) electrons. The number of nitrogens with one attached hydrogen (secondary N) is 1. The lowest BCUT2D eigenvalue weighted by atomic mass is 10.1. The molecule has 0 atom stereocenters. The van der Waals surface area contributed by atoms with Crippen LogP contribution < -0.4 is 38.9 Å². The Morgan fingerprint density at radius 3 is 1.63 bits per heavy atom. The molecule has 0 bridgehead atoms. The zero-order valence-electron chi connectivity index (χ0n) is 21.5. The minimum atomic E-state index is -4.56. The van der Waals surface area contributed by atoms with Crippen molar-refractivity contribution in [2.75, 3.05) is 47.7 Å². The summed E-state index contributed by atoms with van der Waals surface area (Å²) in [6, 6.07) is 9.87. The van der Waals surface area contributed by atoms with Crippen LogP contribution in [0.2, 0.25) is 0 Å². The summed E-state index contributed by atoms with van der Waals surface area (Å²) >= 11 is 0. The third kappa shape index (κ3) is 4.76. The van der Waals surface area contributed by atoms with Crippen LogP contribution in [0, 0.1) is 0 Å². The number of alkyl halides is 3. The average Bonchev–Trinajstić information content (AvgIpc) is 2.93. The Hall–Kier alpha value is -4.48. The van der Waals surface area contributed by atoms with Gasteiger partial charge in [0, 0.05) is 17.7 Å². The van der Waals surface area contributed by atoms with Crippen molar-refractivity contribution in [3.8, 4) is 34.5 Å². The number of amidine groups is 1. The minimum Gasteiger partial charge on any atom is -0.493 e. The summed E-state index contributed by atoms with van der Waals surface area (Å²) in [6.45, 7) is 0. The molecule has 0 saturated carbocycles. The predicted molar refractivity (Wildman–Crippen MR) is 135 cm³/mol. The Labute approximate surface area is 217 Å². The molecule has 0 fully saturated rings. The molecule has 0 aromatic heterocycles. The second-order valence-corrected chi connectivity index (χ2v) is 7.91. The summed E-state index contributed by atoms with van der Waals surface area (Å²) in [5.74, 6) is 2.41. The van der Waals surface area contributed by atoms with E-state index in [9.17, 15) is 13.2 Å². The fourth-order valence-corrected chi connectivity index (χ4v) is 4.03. The van der Waals surface area contributed by atoms with Crippen molar-refractivity contribution in [3.63, 3.8) is 0 Å². The van der Waals surface area contributed by atoms with E-state index < -0.39 is 11.7 Å². The third-order valence-corrected chi connectivity index (χ3v) is 5.84. The average molecular weight is 534 g/mol. The zero-order valence-corrected chi connectivity index (χ0v) is 21.5. The number of anilines is 2. The second-order valence-electron chi connectivity index (χ2n) is 7.91. The van der Waals surface area contributed by atoms with Crippen molar-refractivity contribution in [1.29, 1.82) is 0 Å². The van der Waals surface area contributed by atoms with Crippen LogP contribution >= 0.6 is 0 Å². The van der Waals surface area contributed by atoms with Gasteiger partial charge in [0.15, 0.2) is 28.8 Å². The molecule has 1 heterocycles. The van der Waals surface area contributed by atoms with E-state index in [1.165, 1.54) is 53.7 Å².